The van der Waals surface area contributed by atoms with Gasteiger partial charge in [-0.1, -0.05) is 56.3 Å². The Morgan fingerprint density at radius 3 is 2.50 bits per heavy atom. The minimum Gasteiger partial charge on any atom is -0.462 e. The van der Waals surface area contributed by atoms with Gasteiger partial charge in [0.05, 0.1) is 12.2 Å². The first-order valence-electron chi connectivity index (χ1n) is 11.1. The van der Waals surface area contributed by atoms with Crippen LogP contribution in [0.15, 0.2) is 77.1 Å². The number of hydrogen-bond acceptors (Lipinski definition) is 4. The lowest BCUT2D eigenvalue weighted by Crippen LogP contribution is -2.36. The summed E-state index contributed by atoms with van der Waals surface area (Å²) in [6.07, 6.45) is 1.01. The van der Waals surface area contributed by atoms with Gasteiger partial charge in [-0.3, -0.25) is 4.79 Å². The summed E-state index contributed by atoms with van der Waals surface area (Å²) in [6, 6.07) is 16.1. The molecule has 0 saturated carbocycles. The van der Waals surface area contributed by atoms with Crippen LogP contribution in [0.3, 0.4) is 0 Å². The molecule has 4 rings (SSSR count). The summed E-state index contributed by atoms with van der Waals surface area (Å²) in [5, 5.41) is 3.33. The molecule has 0 amide bonds. The van der Waals surface area contributed by atoms with E-state index < -0.39 is 17.7 Å². The van der Waals surface area contributed by atoms with Gasteiger partial charge in [-0.25, -0.2) is 9.18 Å². The lowest BCUT2D eigenvalue weighted by atomic mass is 9.71. The number of ketones is 1. The lowest BCUT2D eigenvalue weighted by molar-refractivity contribution is -0.140. The summed E-state index contributed by atoms with van der Waals surface area (Å²) in [5.74, 6) is -1.30. The van der Waals surface area contributed by atoms with Gasteiger partial charge in [-0.15, -0.1) is 0 Å². The van der Waals surface area contributed by atoms with Crippen LogP contribution in [-0.2, 0) is 14.3 Å². The predicted molar refractivity (Wildman–Crippen MR) is 121 cm³/mol. The highest BCUT2D eigenvalue weighted by Crippen LogP contribution is 2.45. The van der Waals surface area contributed by atoms with Crippen LogP contribution in [0.4, 0.5) is 4.39 Å². The Morgan fingerprint density at radius 2 is 1.81 bits per heavy atom. The zero-order chi connectivity index (χ0) is 22.8. The SMILES string of the molecule is CC1=C(C(=O)OCC(C)C)[C@H](c2cccc(F)c2)C2=C(C[C@@H](c3ccccc3)CC2=O)N1. The second-order valence-electron chi connectivity index (χ2n) is 8.98. The molecule has 2 aromatic rings. The van der Waals surface area contributed by atoms with E-state index in [1.807, 2.05) is 51.1 Å². The van der Waals surface area contributed by atoms with Crippen molar-refractivity contribution in [3.05, 3.63) is 94.1 Å². The van der Waals surface area contributed by atoms with Crippen LogP contribution in [0.5, 0.6) is 0 Å². The molecule has 5 heteroatoms. The van der Waals surface area contributed by atoms with Crippen molar-refractivity contribution < 1.29 is 18.7 Å². The van der Waals surface area contributed by atoms with Crippen molar-refractivity contribution >= 4 is 11.8 Å². The van der Waals surface area contributed by atoms with Gasteiger partial charge in [0.25, 0.3) is 0 Å². The number of benzene rings is 2. The third-order valence-corrected chi connectivity index (χ3v) is 6.05. The van der Waals surface area contributed by atoms with Crippen LogP contribution in [0.1, 0.15) is 56.6 Å². The Kier molecular flexibility index (Phi) is 6.26. The maximum atomic E-state index is 14.2. The van der Waals surface area contributed by atoms with Crippen molar-refractivity contribution in [2.24, 2.45) is 5.92 Å². The van der Waals surface area contributed by atoms with Crippen LogP contribution in [0.2, 0.25) is 0 Å². The highest BCUT2D eigenvalue weighted by molar-refractivity contribution is 6.04. The molecule has 4 nitrogen and oxygen atoms in total. The summed E-state index contributed by atoms with van der Waals surface area (Å²) in [6.45, 7) is 6.03. The van der Waals surface area contributed by atoms with E-state index in [1.165, 1.54) is 12.1 Å². The molecule has 0 unspecified atom stereocenters. The minimum absolute atomic E-state index is 0.0245. The Morgan fingerprint density at radius 1 is 1.09 bits per heavy atom. The molecule has 0 spiro atoms. The van der Waals surface area contributed by atoms with Gasteiger partial charge >= 0.3 is 5.97 Å². The number of nitrogens with one attached hydrogen (secondary N) is 1. The number of esters is 1. The number of hydrogen-bond donors (Lipinski definition) is 1. The number of rotatable bonds is 5. The molecule has 1 aliphatic carbocycles. The van der Waals surface area contributed by atoms with E-state index in [-0.39, 0.29) is 24.2 Å². The number of carbonyl (C=O) groups is 2. The average molecular weight is 434 g/mol. The second-order valence-corrected chi connectivity index (χ2v) is 8.98. The van der Waals surface area contributed by atoms with Crippen molar-refractivity contribution in [2.45, 2.75) is 45.4 Å². The molecule has 0 aromatic heterocycles. The van der Waals surface area contributed by atoms with E-state index in [9.17, 15) is 14.0 Å². The molecule has 0 radical (unpaired) electrons. The number of Topliss-reactive ketones (excluding diaryl/α,β-unsaturated/α-hetero) is 1. The molecular formula is C27H28FNO3. The third-order valence-electron chi connectivity index (χ3n) is 6.05. The fourth-order valence-corrected chi connectivity index (χ4v) is 4.61. The van der Waals surface area contributed by atoms with Gasteiger partial charge in [0.2, 0.25) is 0 Å². The highest BCUT2D eigenvalue weighted by atomic mass is 19.1. The fourth-order valence-electron chi connectivity index (χ4n) is 4.61. The Hall–Kier alpha value is -3.21. The van der Waals surface area contributed by atoms with Crippen molar-refractivity contribution in [1.82, 2.24) is 5.32 Å². The molecule has 1 N–H and O–H groups in total. The number of carbonyl (C=O) groups excluding carboxylic acids is 2. The van der Waals surface area contributed by atoms with Crippen LogP contribution in [-0.4, -0.2) is 18.4 Å². The zero-order valence-electron chi connectivity index (χ0n) is 18.7. The summed E-state index contributed by atoms with van der Waals surface area (Å²) < 4.78 is 19.7. The molecular weight excluding hydrogens is 405 g/mol. The number of dihydropyridines is 1. The second kappa shape index (κ2) is 9.11. The molecule has 32 heavy (non-hydrogen) atoms. The molecule has 1 aliphatic heterocycles. The smallest absolute Gasteiger partial charge is 0.336 e. The summed E-state index contributed by atoms with van der Waals surface area (Å²) in [7, 11) is 0. The van der Waals surface area contributed by atoms with Gasteiger partial charge in [0, 0.05) is 29.3 Å². The first kappa shape index (κ1) is 22.0. The highest BCUT2D eigenvalue weighted by Gasteiger charge is 2.41. The van der Waals surface area contributed by atoms with Crippen LogP contribution in [0, 0.1) is 11.7 Å². The van der Waals surface area contributed by atoms with Gasteiger partial charge in [0.1, 0.15) is 5.82 Å². The third kappa shape index (κ3) is 4.38. The fraction of sp³-hybridized carbons (Fsp3) is 0.333. The van der Waals surface area contributed by atoms with Crippen molar-refractivity contribution in [1.29, 1.82) is 0 Å². The van der Waals surface area contributed by atoms with E-state index >= 15 is 0 Å². The van der Waals surface area contributed by atoms with Gasteiger partial charge < -0.3 is 10.1 Å². The van der Waals surface area contributed by atoms with E-state index in [1.54, 1.807) is 12.1 Å². The number of halogens is 1. The molecule has 1 heterocycles. The predicted octanol–water partition coefficient (Wildman–Crippen LogP) is 5.39. The Bertz CT molecular complexity index is 1100. The number of ether oxygens (including phenoxy) is 1. The van der Waals surface area contributed by atoms with Crippen molar-refractivity contribution in [3.63, 3.8) is 0 Å². The number of allylic oxidation sites excluding steroid dienone is 3. The van der Waals surface area contributed by atoms with E-state index in [0.717, 1.165) is 11.3 Å². The van der Waals surface area contributed by atoms with Crippen LogP contribution in [0.25, 0.3) is 0 Å². The van der Waals surface area contributed by atoms with Crippen molar-refractivity contribution in [2.75, 3.05) is 6.61 Å². The van der Waals surface area contributed by atoms with E-state index in [0.29, 0.717) is 35.2 Å². The van der Waals surface area contributed by atoms with Crippen LogP contribution >= 0.6 is 0 Å². The lowest BCUT2D eigenvalue weighted by Gasteiger charge is -2.36. The molecule has 0 saturated heterocycles. The zero-order valence-corrected chi connectivity index (χ0v) is 18.7. The normalized spacial score (nSPS) is 20.8. The van der Waals surface area contributed by atoms with Gasteiger partial charge in [0.15, 0.2) is 5.78 Å². The summed E-state index contributed by atoms with van der Waals surface area (Å²) in [4.78, 5) is 26.6. The Labute approximate surface area is 188 Å². The maximum absolute atomic E-state index is 14.2. The largest absolute Gasteiger partial charge is 0.462 e. The molecule has 0 bridgehead atoms. The molecule has 2 aromatic carbocycles. The first-order valence-corrected chi connectivity index (χ1v) is 11.1. The van der Waals surface area contributed by atoms with Crippen molar-refractivity contribution in [3.8, 4) is 0 Å². The topological polar surface area (TPSA) is 55.4 Å². The quantitative estimate of drug-likeness (QED) is 0.643. The maximum Gasteiger partial charge on any atom is 0.336 e. The Balaban J connectivity index is 1.77. The first-order chi connectivity index (χ1) is 15.3. The molecule has 166 valence electrons. The monoisotopic (exact) mass is 433 g/mol. The summed E-state index contributed by atoms with van der Waals surface area (Å²) in [5.41, 5.74) is 4.07. The van der Waals surface area contributed by atoms with Gasteiger partial charge in [-0.05, 0) is 48.4 Å². The standard InChI is InChI=1S/C27H28FNO3/c1-16(2)15-32-27(31)24-17(3)29-22-13-20(18-8-5-4-6-9-18)14-23(30)26(22)25(24)19-10-7-11-21(28)12-19/h4-12,16,20,25,29H,13-15H2,1-3H3/t20-,25+/m1/s1. The minimum atomic E-state index is -0.647. The van der Waals surface area contributed by atoms with Gasteiger partial charge in [-0.2, -0.15) is 0 Å². The van der Waals surface area contributed by atoms with E-state index in [2.05, 4.69) is 5.32 Å². The average Bonchev–Trinajstić information content (AvgIpc) is 2.77. The molecule has 2 aliphatic rings. The summed E-state index contributed by atoms with van der Waals surface area (Å²) >= 11 is 0. The molecule has 0 fully saturated rings. The van der Waals surface area contributed by atoms with E-state index in [4.69, 9.17) is 4.74 Å². The molecule has 2 atom stereocenters. The van der Waals surface area contributed by atoms with Crippen LogP contribution < -0.4 is 5.32 Å².